The van der Waals surface area contributed by atoms with Crippen LogP contribution in [0.4, 0.5) is 15.6 Å². The van der Waals surface area contributed by atoms with Gasteiger partial charge >= 0.3 is 6.09 Å². The molecule has 2 aromatic carbocycles. The third kappa shape index (κ3) is 6.33. The van der Waals surface area contributed by atoms with Crippen LogP contribution in [0.2, 0.25) is 0 Å². The number of rotatable bonds is 7. The zero-order valence-corrected chi connectivity index (χ0v) is 19.2. The van der Waals surface area contributed by atoms with Gasteiger partial charge in [0.15, 0.2) is 11.7 Å². The Balaban J connectivity index is 1.32. The number of aryl methyl sites for hydroxylation is 1. The maximum Gasteiger partial charge on any atom is 0.404 e. The molecule has 4 N–H and O–H groups in total. The summed E-state index contributed by atoms with van der Waals surface area (Å²) in [5.41, 5.74) is 2.25. The van der Waals surface area contributed by atoms with E-state index in [9.17, 15) is 14.4 Å². The summed E-state index contributed by atoms with van der Waals surface area (Å²) in [6.07, 6.45) is 0.795. The predicted molar refractivity (Wildman–Crippen MR) is 129 cm³/mol. The molecule has 4 rings (SSSR count). The minimum absolute atomic E-state index is 0.160. The maximum absolute atomic E-state index is 12.7. The van der Waals surface area contributed by atoms with Gasteiger partial charge in [-0.2, -0.15) is 5.26 Å². The number of amides is 3. The van der Waals surface area contributed by atoms with Crippen molar-refractivity contribution in [3.8, 4) is 11.8 Å². The molecular weight excluding hydrogens is 470 g/mol. The lowest BCUT2D eigenvalue weighted by molar-refractivity contribution is -0.118. The number of fused-ring (bicyclic) bond motifs is 1. The van der Waals surface area contributed by atoms with Crippen LogP contribution in [0.1, 0.15) is 32.9 Å². The van der Waals surface area contributed by atoms with Crippen molar-refractivity contribution in [1.29, 1.82) is 5.26 Å². The number of ether oxygens (including phenoxy) is 1. The average Bonchev–Trinajstić information content (AvgIpc) is 3.24. The van der Waals surface area contributed by atoms with Crippen molar-refractivity contribution in [2.45, 2.75) is 25.3 Å². The Labute approximate surface area is 204 Å². The summed E-state index contributed by atoms with van der Waals surface area (Å²) in [5.74, 6) is -0.397. The first kappa shape index (κ1) is 23.7. The van der Waals surface area contributed by atoms with Gasteiger partial charge in [0.2, 0.25) is 0 Å². The highest BCUT2D eigenvalue weighted by Gasteiger charge is 2.24. The molecule has 1 aliphatic carbocycles. The van der Waals surface area contributed by atoms with Crippen LogP contribution in [0.25, 0.3) is 0 Å². The number of hydrogen-bond acceptors (Lipinski definition) is 7. The van der Waals surface area contributed by atoms with Gasteiger partial charge in [-0.05, 0) is 55.3 Å². The van der Waals surface area contributed by atoms with E-state index in [1.807, 2.05) is 6.07 Å². The number of anilines is 2. The molecule has 0 radical (unpaired) electrons. The molecule has 1 atom stereocenters. The Morgan fingerprint density at radius 3 is 2.71 bits per heavy atom. The molecular formula is C24H21N5O5S. The minimum Gasteiger partial charge on any atom is -0.484 e. The number of hydrogen-bond donors (Lipinski definition) is 4. The SMILES string of the molecule is N#Cc1ccc(NC(=O)COc2cccc(C(=O)Nc3nc4c(s3)C[C@@H](NC(=O)O)CC4)c2)cc1. The predicted octanol–water partition coefficient (Wildman–Crippen LogP) is 3.41. The lowest BCUT2D eigenvalue weighted by atomic mass is 9.98. The van der Waals surface area contributed by atoms with E-state index in [0.717, 1.165) is 10.6 Å². The number of carbonyl (C=O) groups is 3. The van der Waals surface area contributed by atoms with Gasteiger partial charge in [0.05, 0.1) is 17.3 Å². The second kappa shape index (κ2) is 10.7. The summed E-state index contributed by atoms with van der Waals surface area (Å²) in [6, 6.07) is 14.7. The number of nitrogens with zero attached hydrogens (tertiary/aromatic N) is 2. The molecule has 11 heteroatoms. The molecule has 3 amide bonds. The van der Waals surface area contributed by atoms with Crippen LogP contribution in [0.15, 0.2) is 48.5 Å². The van der Waals surface area contributed by atoms with Gasteiger partial charge in [0.1, 0.15) is 5.75 Å². The fourth-order valence-corrected chi connectivity index (χ4v) is 4.68. The zero-order valence-electron chi connectivity index (χ0n) is 18.4. The molecule has 0 bridgehead atoms. The summed E-state index contributed by atoms with van der Waals surface area (Å²) in [6.45, 7) is -0.254. The van der Waals surface area contributed by atoms with Gasteiger partial charge in [-0.1, -0.05) is 6.07 Å². The van der Waals surface area contributed by atoms with Crippen molar-refractivity contribution in [2.24, 2.45) is 0 Å². The lowest BCUT2D eigenvalue weighted by Crippen LogP contribution is -2.37. The Morgan fingerprint density at radius 1 is 1.17 bits per heavy atom. The summed E-state index contributed by atoms with van der Waals surface area (Å²) in [4.78, 5) is 41.2. The highest BCUT2D eigenvalue weighted by Crippen LogP contribution is 2.30. The molecule has 0 aliphatic heterocycles. The Hall–Kier alpha value is -4.43. The number of nitrogens with one attached hydrogen (secondary N) is 3. The van der Waals surface area contributed by atoms with Crippen molar-refractivity contribution in [3.05, 3.63) is 70.2 Å². The van der Waals surface area contributed by atoms with Gasteiger partial charge in [0.25, 0.3) is 11.8 Å². The van der Waals surface area contributed by atoms with E-state index in [0.29, 0.717) is 47.0 Å². The van der Waals surface area contributed by atoms with Crippen molar-refractivity contribution in [3.63, 3.8) is 0 Å². The third-order valence-electron chi connectivity index (χ3n) is 5.25. The standard InChI is InChI=1S/C24H21N5O5S/c25-12-14-4-6-16(7-5-14)26-21(30)13-34-18-3-1-2-15(10-18)22(31)29-23-28-19-9-8-17(27-24(32)33)11-20(19)35-23/h1-7,10,17,27H,8-9,11,13H2,(H,26,30)(H,32,33)(H,28,29,31)/t17-/m0/s1. The molecule has 0 fully saturated rings. The van der Waals surface area contributed by atoms with Crippen molar-refractivity contribution < 1.29 is 24.2 Å². The molecule has 3 aromatic rings. The molecule has 10 nitrogen and oxygen atoms in total. The Kier molecular flexibility index (Phi) is 7.23. The van der Waals surface area contributed by atoms with Crippen LogP contribution in [0, 0.1) is 11.3 Å². The van der Waals surface area contributed by atoms with Crippen molar-refractivity contribution >= 4 is 40.1 Å². The van der Waals surface area contributed by atoms with Crippen LogP contribution >= 0.6 is 11.3 Å². The van der Waals surface area contributed by atoms with Gasteiger partial charge in [-0.3, -0.25) is 14.9 Å². The zero-order chi connectivity index (χ0) is 24.8. The molecule has 0 unspecified atom stereocenters. The van der Waals surface area contributed by atoms with E-state index in [2.05, 4.69) is 20.9 Å². The van der Waals surface area contributed by atoms with Crippen LogP contribution in [0.5, 0.6) is 5.75 Å². The summed E-state index contributed by atoms with van der Waals surface area (Å²) >= 11 is 1.33. The van der Waals surface area contributed by atoms with Crippen LogP contribution in [0.3, 0.4) is 0 Å². The van der Waals surface area contributed by atoms with E-state index in [4.69, 9.17) is 15.1 Å². The topological polar surface area (TPSA) is 153 Å². The summed E-state index contributed by atoms with van der Waals surface area (Å²) < 4.78 is 5.52. The third-order valence-corrected chi connectivity index (χ3v) is 6.29. The highest BCUT2D eigenvalue weighted by molar-refractivity contribution is 7.15. The number of aromatic nitrogens is 1. The number of carbonyl (C=O) groups excluding carboxylic acids is 2. The summed E-state index contributed by atoms with van der Waals surface area (Å²) in [7, 11) is 0. The fraction of sp³-hybridized carbons (Fsp3) is 0.208. The molecule has 1 aromatic heterocycles. The van der Waals surface area contributed by atoms with Gasteiger partial charge in [0, 0.05) is 28.6 Å². The molecule has 0 saturated heterocycles. The molecule has 0 saturated carbocycles. The maximum atomic E-state index is 12.7. The monoisotopic (exact) mass is 491 g/mol. The normalized spacial score (nSPS) is 14.2. The number of carboxylic acid groups (broad SMARTS) is 1. The van der Waals surface area contributed by atoms with Crippen molar-refractivity contribution in [1.82, 2.24) is 10.3 Å². The highest BCUT2D eigenvalue weighted by atomic mass is 32.1. The first-order valence-corrected chi connectivity index (χ1v) is 11.5. The van der Waals surface area contributed by atoms with E-state index < -0.39 is 6.09 Å². The minimum atomic E-state index is -1.05. The van der Waals surface area contributed by atoms with E-state index in [1.54, 1.807) is 42.5 Å². The molecule has 35 heavy (non-hydrogen) atoms. The fourth-order valence-electron chi connectivity index (χ4n) is 3.60. The van der Waals surface area contributed by atoms with Gasteiger partial charge in [-0.15, -0.1) is 11.3 Å². The van der Waals surface area contributed by atoms with Crippen LogP contribution in [-0.4, -0.2) is 40.6 Å². The van der Waals surface area contributed by atoms with Crippen LogP contribution < -0.4 is 20.7 Å². The van der Waals surface area contributed by atoms with E-state index >= 15 is 0 Å². The quantitative estimate of drug-likeness (QED) is 0.395. The average molecular weight is 492 g/mol. The first-order chi connectivity index (χ1) is 16.9. The Bertz CT molecular complexity index is 1300. The largest absolute Gasteiger partial charge is 0.484 e. The molecule has 1 heterocycles. The van der Waals surface area contributed by atoms with Crippen LogP contribution in [-0.2, 0) is 17.6 Å². The molecule has 178 valence electrons. The Morgan fingerprint density at radius 2 is 1.97 bits per heavy atom. The number of thiazole rings is 1. The molecule has 1 aliphatic rings. The molecule has 0 spiro atoms. The number of benzene rings is 2. The summed E-state index contributed by atoms with van der Waals surface area (Å²) in [5, 5.41) is 26.1. The van der Waals surface area contributed by atoms with E-state index in [-0.39, 0.29) is 24.5 Å². The van der Waals surface area contributed by atoms with Gasteiger partial charge < -0.3 is 20.5 Å². The second-order valence-electron chi connectivity index (χ2n) is 7.79. The number of nitriles is 1. The van der Waals surface area contributed by atoms with Gasteiger partial charge in [-0.25, -0.2) is 9.78 Å². The first-order valence-electron chi connectivity index (χ1n) is 10.7. The second-order valence-corrected chi connectivity index (χ2v) is 8.87. The van der Waals surface area contributed by atoms with E-state index in [1.165, 1.54) is 17.4 Å². The lowest BCUT2D eigenvalue weighted by Gasteiger charge is -2.20. The van der Waals surface area contributed by atoms with Crippen molar-refractivity contribution in [2.75, 3.05) is 17.2 Å². The smallest absolute Gasteiger partial charge is 0.404 e.